The van der Waals surface area contributed by atoms with Crippen molar-refractivity contribution in [3.63, 3.8) is 0 Å². The molecule has 0 radical (unpaired) electrons. The molecule has 0 bridgehead atoms. The zero-order valence-electron chi connectivity index (χ0n) is 11.8. The summed E-state index contributed by atoms with van der Waals surface area (Å²) in [7, 11) is 1.77. The number of hydrogen-bond acceptors (Lipinski definition) is 2. The molecule has 112 valence electrons. The Morgan fingerprint density at radius 1 is 1.14 bits per heavy atom. The van der Waals surface area contributed by atoms with E-state index in [1.54, 1.807) is 25.2 Å². The van der Waals surface area contributed by atoms with E-state index in [1.807, 2.05) is 6.92 Å². The molecule has 0 saturated carbocycles. The highest BCUT2D eigenvalue weighted by atomic mass is 35.5. The van der Waals surface area contributed by atoms with E-state index in [9.17, 15) is 8.78 Å². The second kappa shape index (κ2) is 6.87. The molecular formula is C16H16ClF2NO. The fourth-order valence-electron chi connectivity index (χ4n) is 1.90. The molecule has 0 saturated heterocycles. The van der Waals surface area contributed by atoms with Crippen molar-refractivity contribution >= 4 is 11.6 Å². The molecular weight excluding hydrogens is 296 g/mol. The van der Waals surface area contributed by atoms with Crippen LogP contribution in [-0.2, 0) is 6.61 Å². The van der Waals surface area contributed by atoms with Gasteiger partial charge in [-0.2, -0.15) is 0 Å². The van der Waals surface area contributed by atoms with Crippen molar-refractivity contribution in [2.24, 2.45) is 0 Å². The molecule has 2 aromatic carbocycles. The molecule has 5 heteroatoms. The van der Waals surface area contributed by atoms with Gasteiger partial charge in [0.1, 0.15) is 24.0 Å². The Hall–Kier alpha value is -1.65. The monoisotopic (exact) mass is 311 g/mol. The van der Waals surface area contributed by atoms with Crippen LogP contribution in [0.5, 0.6) is 5.75 Å². The van der Waals surface area contributed by atoms with Gasteiger partial charge in [0.15, 0.2) is 0 Å². The molecule has 1 N–H and O–H groups in total. The van der Waals surface area contributed by atoms with E-state index in [0.717, 1.165) is 0 Å². The molecule has 0 aliphatic carbocycles. The largest absolute Gasteiger partial charge is 0.489 e. The normalized spacial score (nSPS) is 12.2. The van der Waals surface area contributed by atoms with Gasteiger partial charge in [0, 0.05) is 17.7 Å². The third kappa shape index (κ3) is 3.93. The van der Waals surface area contributed by atoms with E-state index >= 15 is 0 Å². The molecule has 1 atom stereocenters. The second-order valence-electron chi connectivity index (χ2n) is 4.73. The maximum Gasteiger partial charge on any atom is 0.142 e. The van der Waals surface area contributed by atoms with Crippen LogP contribution in [0.15, 0.2) is 36.4 Å². The number of halogens is 3. The molecule has 2 nitrogen and oxygen atoms in total. The molecule has 0 aliphatic heterocycles. The maximum absolute atomic E-state index is 13.9. The molecule has 0 aromatic heterocycles. The van der Waals surface area contributed by atoms with Crippen LogP contribution < -0.4 is 10.1 Å². The average molecular weight is 312 g/mol. The fraction of sp³-hybridized carbons (Fsp3) is 0.250. The van der Waals surface area contributed by atoms with E-state index < -0.39 is 5.82 Å². The van der Waals surface area contributed by atoms with E-state index in [1.165, 1.54) is 18.2 Å². The predicted octanol–water partition coefficient (Wildman–Crippen LogP) is 4.48. The van der Waals surface area contributed by atoms with Crippen molar-refractivity contribution in [2.75, 3.05) is 7.05 Å². The van der Waals surface area contributed by atoms with Crippen LogP contribution in [0, 0.1) is 11.6 Å². The van der Waals surface area contributed by atoms with Crippen molar-refractivity contribution in [1.29, 1.82) is 0 Å². The lowest BCUT2D eigenvalue weighted by Gasteiger charge is -2.13. The summed E-state index contributed by atoms with van der Waals surface area (Å²) in [4.78, 5) is 0. The quantitative estimate of drug-likeness (QED) is 0.879. The van der Waals surface area contributed by atoms with Crippen LogP contribution >= 0.6 is 11.6 Å². The Morgan fingerprint density at radius 2 is 1.90 bits per heavy atom. The highest BCUT2D eigenvalue weighted by Gasteiger charge is 2.10. The summed E-state index contributed by atoms with van der Waals surface area (Å²) in [6, 6.07) is 9.05. The average Bonchev–Trinajstić information content (AvgIpc) is 2.48. The summed E-state index contributed by atoms with van der Waals surface area (Å²) in [5, 5.41) is 3.04. The van der Waals surface area contributed by atoms with Gasteiger partial charge in [0.2, 0.25) is 0 Å². The van der Waals surface area contributed by atoms with Crippen LogP contribution in [0.25, 0.3) is 0 Å². The summed E-state index contributed by atoms with van der Waals surface area (Å²) >= 11 is 5.61. The van der Waals surface area contributed by atoms with E-state index in [4.69, 9.17) is 16.3 Å². The summed E-state index contributed by atoms with van der Waals surface area (Å²) < 4.78 is 32.7. The van der Waals surface area contributed by atoms with Gasteiger partial charge < -0.3 is 10.1 Å². The van der Waals surface area contributed by atoms with E-state index in [0.29, 0.717) is 16.9 Å². The number of benzene rings is 2. The summed E-state index contributed by atoms with van der Waals surface area (Å²) in [6.07, 6.45) is 0. The van der Waals surface area contributed by atoms with Crippen molar-refractivity contribution in [2.45, 2.75) is 19.6 Å². The molecule has 0 fully saturated rings. The fourth-order valence-corrected chi connectivity index (χ4v) is 2.02. The summed E-state index contributed by atoms with van der Waals surface area (Å²) in [5.41, 5.74) is 1.20. The van der Waals surface area contributed by atoms with Crippen molar-refractivity contribution in [3.05, 3.63) is 64.2 Å². The third-order valence-corrected chi connectivity index (χ3v) is 3.57. The lowest BCUT2D eigenvalue weighted by Crippen LogP contribution is -2.13. The number of rotatable bonds is 5. The molecule has 0 spiro atoms. The van der Waals surface area contributed by atoms with E-state index in [2.05, 4.69) is 5.32 Å². The van der Waals surface area contributed by atoms with Gasteiger partial charge in [-0.15, -0.1) is 0 Å². The molecule has 1 unspecified atom stereocenters. The Labute approximate surface area is 127 Å². The van der Waals surface area contributed by atoms with Crippen molar-refractivity contribution in [3.8, 4) is 5.75 Å². The second-order valence-corrected chi connectivity index (χ2v) is 5.14. The van der Waals surface area contributed by atoms with Gasteiger partial charge >= 0.3 is 0 Å². The minimum Gasteiger partial charge on any atom is -0.489 e. The third-order valence-electron chi connectivity index (χ3n) is 3.26. The van der Waals surface area contributed by atoms with Crippen LogP contribution in [0.1, 0.15) is 24.1 Å². The lowest BCUT2D eigenvalue weighted by atomic mass is 10.1. The predicted molar refractivity (Wildman–Crippen MR) is 79.6 cm³/mol. The Bertz CT molecular complexity index is 634. The summed E-state index contributed by atoms with van der Waals surface area (Å²) in [6.45, 7) is 2.02. The highest BCUT2D eigenvalue weighted by molar-refractivity contribution is 6.30. The minimum atomic E-state index is -0.498. The lowest BCUT2D eigenvalue weighted by molar-refractivity contribution is 0.303. The van der Waals surface area contributed by atoms with Crippen LogP contribution in [0.3, 0.4) is 0 Å². The SMILES string of the molecule is CNC(C)c1ccc(OCc2ccc(Cl)c(F)c2)cc1F. The molecule has 0 aliphatic rings. The van der Waals surface area contributed by atoms with Gasteiger partial charge in [0.25, 0.3) is 0 Å². The zero-order chi connectivity index (χ0) is 15.4. The van der Waals surface area contributed by atoms with Crippen LogP contribution in [0.2, 0.25) is 5.02 Å². The number of hydrogen-bond donors (Lipinski definition) is 1. The Kier molecular flexibility index (Phi) is 5.15. The Balaban J connectivity index is 2.06. The Morgan fingerprint density at radius 3 is 2.52 bits per heavy atom. The molecule has 0 heterocycles. The standard InChI is InChI=1S/C16H16ClF2NO/c1-10(20-2)13-5-4-12(8-15(13)18)21-9-11-3-6-14(17)16(19)7-11/h3-8,10,20H,9H2,1-2H3. The topological polar surface area (TPSA) is 21.3 Å². The first-order valence-electron chi connectivity index (χ1n) is 6.54. The van der Waals surface area contributed by atoms with Crippen molar-refractivity contribution in [1.82, 2.24) is 5.32 Å². The molecule has 2 aromatic rings. The molecule has 0 amide bonds. The van der Waals surface area contributed by atoms with E-state index in [-0.39, 0.29) is 23.5 Å². The number of nitrogens with one attached hydrogen (secondary N) is 1. The molecule has 2 rings (SSSR count). The van der Waals surface area contributed by atoms with Crippen LogP contribution in [0.4, 0.5) is 8.78 Å². The summed E-state index contributed by atoms with van der Waals surface area (Å²) in [5.74, 6) is -0.436. The minimum absolute atomic E-state index is 0.0650. The van der Waals surface area contributed by atoms with Gasteiger partial charge in [0.05, 0.1) is 5.02 Å². The van der Waals surface area contributed by atoms with Gasteiger partial charge in [-0.3, -0.25) is 0 Å². The molecule has 21 heavy (non-hydrogen) atoms. The number of ether oxygens (including phenoxy) is 1. The highest BCUT2D eigenvalue weighted by Crippen LogP contribution is 2.23. The maximum atomic E-state index is 13.9. The first-order chi connectivity index (χ1) is 10.0. The smallest absolute Gasteiger partial charge is 0.142 e. The first kappa shape index (κ1) is 15.7. The van der Waals surface area contributed by atoms with Crippen LogP contribution in [-0.4, -0.2) is 7.05 Å². The van der Waals surface area contributed by atoms with Gasteiger partial charge in [-0.25, -0.2) is 8.78 Å². The van der Waals surface area contributed by atoms with Crippen molar-refractivity contribution < 1.29 is 13.5 Å². The first-order valence-corrected chi connectivity index (χ1v) is 6.92. The zero-order valence-corrected chi connectivity index (χ0v) is 12.5. The van der Waals surface area contributed by atoms with Gasteiger partial charge in [-0.1, -0.05) is 23.7 Å². The van der Waals surface area contributed by atoms with Gasteiger partial charge in [-0.05, 0) is 37.7 Å².